The molecule has 0 radical (unpaired) electrons. The molecule has 2 aromatic carbocycles. The van der Waals surface area contributed by atoms with E-state index in [1.165, 1.54) is 6.42 Å². The zero-order valence-corrected chi connectivity index (χ0v) is 16.5. The summed E-state index contributed by atoms with van der Waals surface area (Å²) < 4.78 is 5.71. The molecule has 2 amide bonds. The maximum absolute atomic E-state index is 12.7. The van der Waals surface area contributed by atoms with Gasteiger partial charge >= 0.3 is 0 Å². The molecule has 0 saturated heterocycles. The number of aryl methyl sites for hydroxylation is 1. The second-order valence-electron chi connectivity index (χ2n) is 7.42. The summed E-state index contributed by atoms with van der Waals surface area (Å²) in [5, 5.41) is 5.94. The van der Waals surface area contributed by atoms with Gasteiger partial charge in [0.25, 0.3) is 11.8 Å². The van der Waals surface area contributed by atoms with Crippen LogP contribution >= 0.6 is 0 Å². The van der Waals surface area contributed by atoms with Crippen LogP contribution in [0.3, 0.4) is 0 Å². The number of para-hydroxylation sites is 1. The van der Waals surface area contributed by atoms with Gasteiger partial charge in [0.2, 0.25) is 0 Å². The highest BCUT2D eigenvalue weighted by atomic mass is 16.5. The molecule has 1 saturated carbocycles. The van der Waals surface area contributed by atoms with Crippen LogP contribution in [0.15, 0.2) is 48.5 Å². The molecule has 0 aliphatic heterocycles. The summed E-state index contributed by atoms with van der Waals surface area (Å²) in [4.78, 5) is 25.3. The molecule has 0 bridgehead atoms. The van der Waals surface area contributed by atoms with Crippen LogP contribution in [0, 0.1) is 6.92 Å². The first-order chi connectivity index (χ1) is 13.5. The molecule has 0 unspecified atom stereocenters. The molecule has 0 aromatic heterocycles. The molecule has 1 fully saturated rings. The fraction of sp³-hybridized carbons (Fsp3) is 0.391. The van der Waals surface area contributed by atoms with Gasteiger partial charge in [-0.15, -0.1) is 0 Å². The number of rotatable bonds is 6. The standard InChI is InChI=1S/C23H28N2O3/c1-16-12-14-19(15-13-16)28-17(2)22(26)25-21-11-7-6-10-20(21)23(27)24-18-8-4-3-5-9-18/h6-7,10-15,17-18H,3-5,8-9H2,1-2H3,(H,24,27)(H,25,26)/t17-/m1/s1. The third-order valence-corrected chi connectivity index (χ3v) is 5.07. The van der Waals surface area contributed by atoms with Crippen molar-refractivity contribution in [2.75, 3.05) is 5.32 Å². The van der Waals surface area contributed by atoms with Crippen LogP contribution in [0.1, 0.15) is 54.9 Å². The minimum Gasteiger partial charge on any atom is -0.481 e. The van der Waals surface area contributed by atoms with Gasteiger partial charge in [0.1, 0.15) is 5.75 Å². The molecule has 5 heteroatoms. The monoisotopic (exact) mass is 380 g/mol. The van der Waals surface area contributed by atoms with Gasteiger partial charge < -0.3 is 15.4 Å². The molecule has 0 heterocycles. The molecule has 1 atom stereocenters. The summed E-state index contributed by atoms with van der Waals surface area (Å²) in [6.07, 6.45) is 4.88. The predicted octanol–water partition coefficient (Wildman–Crippen LogP) is 4.46. The first-order valence-corrected chi connectivity index (χ1v) is 9.97. The number of amides is 2. The topological polar surface area (TPSA) is 67.4 Å². The van der Waals surface area contributed by atoms with E-state index < -0.39 is 6.10 Å². The van der Waals surface area contributed by atoms with Gasteiger partial charge in [-0.05, 0) is 51.0 Å². The number of nitrogens with one attached hydrogen (secondary N) is 2. The van der Waals surface area contributed by atoms with Crippen LogP contribution in [-0.4, -0.2) is 24.0 Å². The van der Waals surface area contributed by atoms with Gasteiger partial charge in [0, 0.05) is 6.04 Å². The van der Waals surface area contributed by atoms with Crippen molar-refractivity contribution in [3.05, 3.63) is 59.7 Å². The van der Waals surface area contributed by atoms with E-state index in [0.717, 1.165) is 31.2 Å². The van der Waals surface area contributed by atoms with Crippen LogP contribution in [0.5, 0.6) is 5.75 Å². The highest BCUT2D eigenvalue weighted by Crippen LogP contribution is 2.21. The van der Waals surface area contributed by atoms with Crippen molar-refractivity contribution in [2.45, 2.75) is 58.1 Å². The van der Waals surface area contributed by atoms with Gasteiger partial charge in [0.15, 0.2) is 6.10 Å². The molecule has 1 aliphatic carbocycles. The molecule has 5 nitrogen and oxygen atoms in total. The Labute approximate surface area is 166 Å². The van der Waals surface area contributed by atoms with Crippen molar-refractivity contribution in [3.8, 4) is 5.75 Å². The van der Waals surface area contributed by atoms with Crippen LogP contribution < -0.4 is 15.4 Å². The lowest BCUT2D eigenvalue weighted by Gasteiger charge is -2.23. The van der Waals surface area contributed by atoms with E-state index in [2.05, 4.69) is 10.6 Å². The minimum atomic E-state index is -0.683. The average molecular weight is 380 g/mol. The van der Waals surface area contributed by atoms with Crippen molar-refractivity contribution < 1.29 is 14.3 Å². The van der Waals surface area contributed by atoms with Gasteiger partial charge in [-0.2, -0.15) is 0 Å². The first-order valence-electron chi connectivity index (χ1n) is 9.97. The van der Waals surface area contributed by atoms with Crippen LogP contribution in [-0.2, 0) is 4.79 Å². The third-order valence-electron chi connectivity index (χ3n) is 5.07. The van der Waals surface area contributed by atoms with E-state index in [9.17, 15) is 9.59 Å². The summed E-state index contributed by atoms with van der Waals surface area (Å²) >= 11 is 0. The third kappa shape index (κ3) is 5.35. The quantitative estimate of drug-likeness (QED) is 0.777. The largest absolute Gasteiger partial charge is 0.481 e. The second-order valence-corrected chi connectivity index (χ2v) is 7.42. The number of carbonyl (C=O) groups excluding carboxylic acids is 2. The van der Waals surface area contributed by atoms with E-state index >= 15 is 0 Å². The number of benzene rings is 2. The van der Waals surface area contributed by atoms with Gasteiger partial charge in [-0.3, -0.25) is 9.59 Å². The fourth-order valence-corrected chi connectivity index (χ4v) is 3.41. The summed E-state index contributed by atoms with van der Waals surface area (Å²) in [6.45, 7) is 3.69. The number of hydrogen-bond donors (Lipinski definition) is 2. The van der Waals surface area contributed by atoms with Gasteiger partial charge in [0.05, 0.1) is 11.3 Å². The van der Waals surface area contributed by atoms with Crippen LogP contribution in [0.25, 0.3) is 0 Å². The van der Waals surface area contributed by atoms with Crippen molar-refractivity contribution >= 4 is 17.5 Å². The normalized spacial score (nSPS) is 15.5. The predicted molar refractivity (Wildman–Crippen MR) is 111 cm³/mol. The summed E-state index contributed by atoms with van der Waals surface area (Å²) in [5.41, 5.74) is 2.10. The maximum Gasteiger partial charge on any atom is 0.265 e. The lowest BCUT2D eigenvalue weighted by atomic mass is 9.95. The zero-order valence-electron chi connectivity index (χ0n) is 16.5. The average Bonchev–Trinajstić information content (AvgIpc) is 2.70. The Bertz CT molecular complexity index is 811. The Morgan fingerprint density at radius 3 is 2.39 bits per heavy atom. The van der Waals surface area contributed by atoms with E-state index in [-0.39, 0.29) is 17.9 Å². The number of carbonyl (C=O) groups is 2. The molecular formula is C23H28N2O3. The van der Waals surface area contributed by atoms with Crippen molar-refractivity contribution in [1.82, 2.24) is 5.32 Å². The van der Waals surface area contributed by atoms with Crippen molar-refractivity contribution in [3.63, 3.8) is 0 Å². The lowest BCUT2D eigenvalue weighted by Crippen LogP contribution is -2.37. The molecule has 3 rings (SSSR count). The minimum absolute atomic E-state index is 0.144. The molecular weight excluding hydrogens is 352 g/mol. The van der Waals surface area contributed by atoms with E-state index in [0.29, 0.717) is 17.0 Å². The molecule has 2 aromatic rings. The maximum atomic E-state index is 12.7. The lowest BCUT2D eigenvalue weighted by molar-refractivity contribution is -0.122. The SMILES string of the molecule is Cc1ccc(O[C@H](C)C(=O)Nc2ccccc2C(=O)NC2CCCCC2)cc1. The Hall–Kier alpha value is -2.82. The number of ether oxygens (including phenoxy) is 1. The Balaban J connectivity index is 1.63. The molecule has 148 valence electrons. The number of anilines is 1. The summed E-state index contributed by atoms with van der Waals surface area (Å²) in [6, 6.07) is 14.8. The molecule has 2 N–H and O–H groups in total. The Kier molecular flexibility index (Phi) is 6.69. The Morgan fingerprint density at radius 2 is 1.68 bits per heavy atom. The van der Waals surface area contributed by atoms with E-state index in [1.807, 2.05) is 31.2 Å². The Morgan fingerprint density at radius 1 is 1.00 bits per heavy atom. The molecule has 28 heavy (non-hydrogen) atoms. The number of hydrogen-bond acceptors (Lipinski definition) is 3. The molecule has 0 spiro atoms. The highest BCUT2D eigenvalue weighted by Gasteiger charge is 2.21. The summed E-state index contributed by atoms with van der Waals surface area (Å²) in [7, 11) is 0. The van der Waals surface area contributed by atoms with Crippen LogP contribution in [0.4, 0.5) is 5.69 Å². The van der Waals surface area contributed by atoms with Crippen LogP contribution in [0.2, 0.25) is 0 Å². The highest BCUT2D eigenvalue weighted by molar-refractivity contribution is 6.04. The molecule has 1 aliphatic rings. The zero-order chi connectivity index (χ0) is 19.9. The fourth-order valence-electron chi connectivity index (χ4n) is 3.41. The second kappa shape index (κ2) is 9.40. The van der Waals surface area contributed by atoms with E-state index in [4.69, 9.17) is 4.74 Å². The van der Waals surface area contributed by atoms with E-state index in [1.54, 1.807) is 31.2 Å². The first kappa shape index (κ1) is 19.9. The smallest absolute Gasteiger partial charge is 0.265 e. The van der Waals surface area contributed by atoms with Crippen molar-refractivity contribution in [1.29, 1.82) is 0 Å². The van der Waals surface area contributed by atoms with Gasteiger partial charge in [-0.1, -0.05) is 49.1 Å². The van der Waals surface area contributed by atoms with Crippen molar-refractivity contribution in [2.24, 2.45) is 0 Å². The summed E-state index contributed by atoms with van der Waals surface area (Å²) in [5.74, 6) is 0.199. The van der Waals surface area contributed by atoms with Gasteiger partial charge in [-0.25, -0.2) is 0 Å².